The Balaban J connectivity index is 1.64. The minimum Gasteiger partial charge on any atom is -0.492 e. The Labute approximate surface area is 159 Å². The summed E-state index contributed by atoms with van der Waals surface area (Å²) in [5.74, 6) is 1.09. The standard InChI is InChI=1S/C20H26N4O3/c1-2-27-18-8-4-3-7-17(18)23-19-16(6-5-9-21-19)20(25)22-10-11-24-12-14-26-15-13-24/h3-9H,2,10-15H2,1H3,(H,21,23)(H,22,25). The van der Waals surface area contributed by atoms with E-state index in [4.69, 9.17) is 9.47 Å². The van der Waals surface area contributed by atoms with Gasteiger partial charge >= 0.3 is 0 Å². The van der Waals surface area contributed by atoms with E-state index in [0.29, 0.717) is 24.5 Å². The topological polar surface area (TPSA) is 75.7 Å². The van der Waals surface area contributed by atoms with E-state index < -0.39 is 0 Å². The zero-order valence-corrected chi connectivity index (χ0v) is 15.6. The molecule has 0 aliphatic carbocycles. The summed E-state index contributed by atoms with van der Waals surface area (Å²) in [4.78, 5) is 19.3. The third-order valence-electron chi connectivity index (χ3n) is 4.31. The van der Waals surface area contributed by atoms with Crippen molar-refractivity contribution in [1.82, 2.24) is 15.2 Å². The Bertz CT molecular complexity index is 748. The Morgan fingerprint density at radius 1 is 1.22 bits per heavy atom. The van der Waals surface area contributed by atoms with E-state index in [-0.39, 0.29) is 5.91 Å². The molecule has 1 fully saturated rings. The van der Waals surface area contributed by atoms with Gasteiger partial charge in [0, 0.05) is 32.4 Å². The third-order valence-corrected chi connectivity index (χ3v) is 4.31. The van der Waals surface area contributed by atoms with Gasteiger partial charge in [0.2, 0.25) is 0 Å². The highest BCUT2D eigenvalue weighted by Crippen LogP contribution is 2.27. The number of para-hydroxylation sites is 2. The number of ether oxygens (including phenoxy) is 2. The molecule has 0 unspecified atom stereocenters. The molecule has 1 amide bonds. The minimum absolute atomic E-state index is 0.146. The Kier molecular flexibility index (Phi) is 7.01. The number of nitrogens with one attached hydrogen (secondary N) is 2. The summed E-state index contributed by atoms with van der Waals surface area (Å²) >= 11 is 0. The van der Waals surface area contributed by atoms with Crippen LogP contribution in [0.2, 0.25) is 0 Å². The summed E-state index contributed by atoms with van der Waals surface area (Å²) in [5, 5.41) is 6.20. The fraction of sp³-hybridized carbons (Fsp3) is 0.400. The number of benzene rings is 1. The van der Waals surface area contributed by atoms with Gasteiger partial charge in [-0.1, -0.05) is 12.1 Å². The predicted octanol–water partition coefficient (Wildman–Crippen LogP) is 2.29. The van der Waals surface area contributed by atoms with E-state index in [9.17, 15) is 4.79 Å². The molecule has 0 bridgehead atoms. The van der Waals surface area contributed by atoms with E-state index in [2.05, 4.69) is 20.5 Å². The largest absolute Gasteiger partial charge is 0.492 e. The number of hydrogen-bond acceptors (Lipinski definition) is 6. The number of pyridine rings is 1. The van der Waals surface area contributed by atoms with Crippen LogP contribution in [0.1, 0.15) is 17.3 Å². The summed E-state index contributed by atoms with van der Waals surface area (Å²) in [6.45, 7) is 7.22. The third kappa shape index (κ3) is 5.42. The van der Waals surface area contributed by atoms with Gasteiger partial charge in [0.05, 0.1) is 31.1 Å². The maximum Gasteiger partial charge on any atom is 0.255 e. The second-order valence-corrected chi connectivity index (χ2v) is 6.16. The van der Waals surface area contributed by atoms with Gasteiger partial charge in [0.25, 0.3) is 5.91 Å². The van der Waals surface area contributed by atoms with E-state index in [1.54, 1.807) is 18.3 Å². The SMILES string of the molecule is CCOc1ccccc1Nc1ncccc1C(=O)NCCN1CCOCC1. The molecule has 144 valence electrons. The van der Waals surface area contributed by atoms with Crippen LogP contribution in [0.5, 0.6) is 5.75 Å². The number of anilines is 2. The van der Waals surface area contributed by atoms with Gasteiger partial charge in [0.1, 0.15) is 11.6 Å². The number of carbonyl (C=O) groups is 1. The van der Waals surface area contributed by atoms with Crippen molar-refractivity contribution in [2.45, 2.75) is 6.92 Å². The van der Waals surface area contributed by atoms with Crippen LogP contribution < -0.4 is 15.4 Å². The number of aromatic nitrogens is 1. The van der Waals surface area contributed by atoms with Crippen molar-refractivity contribution in [3.8, 4) is 5.75 Å². The first-order valence-corrected chi connectivity index (χ1v) is 9.30. The van der Waals surface area contributed by atoms with Gasteiger partial charge in [-0.05, 0) is 31.2 Å². The van der Waals surface area contributed by atoms with Crippen LogP contribution in [0.4, 0.5) is 11.5 Å². The molecule has 1 aromatic carbocycles. The van der Waals surface area contributed by atoms with Crippen LogP contribution in [0.25, 0.3) is 0 Å². The highest BCUT2D eigenvalue weighted by atomic mass is 16.5. The summed E-state index contributed by atoms with van der Waals surface area (Å²) < 4.78 is 11.0. The fourth-order valence-electron chi connectivity index (χ4n) is 2.91. The van der Waals surface area contributed by atoms with Crippen LogP contribution >= 0.6 is 0 Å². The number of amides is 1. The van der Waals surface area contributed by atoms with Crippen molar-refractivity contribution in [1.29, 1.82) is 0 Å². The van der Waals surface area contributed by atoms with Gasteiger partial charge in [-0.15, -0.1) is 0 Å². The molecular weight excluding hydrogens is 344 g/mol. The number of carbonyl (C=O) groups excluding carboxylic acids is 1. The van der Waals surface area contributed by atoms with Gasteiger partial charge in [-0.25, -0.2) is 4.98 Å². The second kappa shape index (κ2) is 9.89. The van der Waals surface area contributed by atoms with Crippen LogP contribution in [0.15, 0.2) is 42.6 Å². The molecule has 0 radical (unpaired) electrons. The summed E-state index contributed by atoms with van der Waals surface area (Å²) in [6.07, 6.45) is 1.66. The molecule has 0 saturated carbocycles. The minimum atomic E-state index is -0.146. The van der Waals surface area contributed by atoms with Crippen LogP contribution in [0, 0.1) is 0 Å². The van der Waals surface area contributed by atoms with E-state index in [1.807, 2.05) is 31.2 Å². The first-order valence-electron chi connectivity index (χ1n) is 9.30. The van der Waals surface area contributed by atoms with Gasteiger partial charge in [-0.3, -0.25) is 9.69 Å². The van der Waals surface area contributed by atoms with Gasteiger partial charge in [0.15, 0.2) is 0 Å². The van der Waals surface area contributed by atoms with E-state index >= 15 is 0 Å². The van der Waals surface area contributed by atoms with Crippen molar-refractivity contribution in [2.75, 3.05) is 51.3 Å². The lowest BCUT2D eigenvalue weighted by Gasteiger charge is -2.26. The van der Waals surface area contributed by atoms with E-state index in [0.717, 1.165) is 44.3 Å². The maximum absolute atomic E-state index is 12.6. The van der Waals surface area contributed by atoms with Gasteiger partial charge in [-0.2, -0.15) is 0 Å². The molecule has 2 N–H and O–H groups in total. The lowest BCUT2D eigenvalue weighted by atomic mass is 10.2. The first-order chi connectivity index (χ1) is 13.3. The number of hydrogen-bond donors (Lipinski definition) is 2. The van der Waals surface area contributed by atoms with Crippen LogP contribution in [-0.2, 0) is 4.74 Å². The van der Waals surface area contributed by atoms with Crippen LogP contribution in [-0.4, -0.2) is 61.8 Å². The molecule has 27 heavy (non-hydrogen) atoms. The lowest BCUT2D eigenvalue weighted by molar-refractivity contribution is 0.0383. The molecule has 0 atom stereocenters. The first kappa shape index (κ1) is 19.1. The quantitative estimate of drug-likeness (QED) is 0.743. The zero-order chi connectivity index (χ0) is 18.9. The molecule has 2 aromatic rings. The number of rotatable bonds is 8. The molecule has 1 saturated heterocycles. The Hall–Kier alpha value is -2.64. The highest BCUT2D eigenvalue weighted by molar-refractivity contribution is 5.99. The molecular formula is C20H26N4O3. The molecule has 3 rings (SSSR count). The molecule has 1 aliphatic heterocycles. The van der Waals surface area contributed by atoms with Gasteiger partial charge < -0.3 is 20.1 Å². The van der Waals surface area contributed by atoms with Crippen molar-refractivity contribution >= 4 is 17.4 Å². The van der Waals surface area contributed by atoms with Crippen molar-refractivity contribution < 1.29 is 14.3 Å². The fourth-order valence-corrected chi connectivity index (χ4v) is 2.91. The Morgan fingerprint density at radius 3 is 2.85 bits per heavy atom. The molecule has 2 heterocycles. The van der Waals surface area contributed by atoms with Crippen molar-refractivity contribution in [2.24, 2.45) is 0 Å². The average Bonchev–Trinajstić information content (AvgIpc) is 2.71. The maximum atomic E-state index is 12.6. The normalized spacial score (nSPS) is 14.6. The molecule has 7 nitrogen and oxygen atoms in total. The summed E-state index contributed by atoms with van der Waals surface area (Å²) in [7, 11) is 0. The number of nitrogens with zero attached hydrogens (tertiary/aromatic N) is 2. The van der Waals surface area contributed by atoms with Crippen molar-refractivity contribution in [3.05, 3.63) is 48.2 Å². The van der Waals surface area contributed by atoms with Crippen molar-refractivity contribution in [3.63, 3.8) is 0 Å². The average molecular weight is 370 g/mol. The van der Waals surface area contributed by atoms with Crippen LogP contribution in [0.3, 0.4) is 0 Å². The highest BCUT2D eigenvalue weighted by Gasteiger charge is 2.15. The second-order valence-electron chi connectivity index (χ2n) is 6.16. The molecule has 1 aliphatic rings. The van der Waals surface area contributed by atoms with E-state index in [1.165, 1.54) is 0 Å². The lowest BCUT2D eigenvalue weighted by Crippen LogP contribution is -2.41. The number of morpholine rings is 1. The summed E-state index contributed by atoms with van der Waals surface area (Å²) in [5.41, 5.74) is 1.28. The smallest absolute Gasteiger partial charge is 0.255 e. The summed E-state index contributed by atoms with van der Waals surface area (Å²) in [6, 6.07) is 11.1. The molecule has 1 aromatic heterocycles. The molecule has 7 heteroatoms. The predicted molar refractivity (Wildman–Crippen MR) is 105 cm³/mol. The monoisotopic (exact) mass is 370 g/mol. The zero-order valence-electron chi connectivity index (χ0n) is 15.6. The molecule has 0 spiro atoms. The Morgan fingerprint density at radius 2 is 2.04 bits per heavy atom.